The molecule has 2 rings (SSSR count). The molecule has 0 saturated heterocycles. The Morgan fingerprint density at radius 1 is 1.17 bits per heavy atom. The minimum Gasteiger partial charge on any atom is -0.410 e. The van der Waals surface area contributed by atoms with Gasteiger partial charge >= 0.3 is 6.09 Å². The maximum absolute atomic E-state index is 12.1. The van der Waals surface area contributed by atoms with Gasteiger partial charge in [-0.3, -0.25) is 0 Å². The summed E-state index contributed by atoms with van der Waals surface area (Å²) in [5.41, 5.74) is 0. The van der Waals surface area contributed by atoms with Gasteiger partial charge in [-0.25, -0.2) is 4.79 Å². The highest BCUT2D eigenvalue weighted by molar-refractivity contribution is 6.30. The molecule has 1 aromatic carbocycles. The van der Waals surface area contributed by atoms with E-state index in [4.69, 9.17) is 16.3 Å². The third-order valence-corrected chi connectivity index (χ3v) is 5.22. The van der Waals surface area contributed by atoms with Gasteiger partial charge in [-0.1, -0.05) is 37.3 Å². The number of benzene rings is 1. The fourth-order valence-electron chi connectivity index (χ4n) is 3.31. The Bertz CT molecular complexity index is 499. The number of hydrogen-bond donors (Lipinski definition) is 1. The van der Waals surface area contributed by atoms with E-state index in [0.29, 0.717) is 10.8 Å². The van der Waals surface area contributed by atoms with Crippen LogP contribution in [0.25, 0.3) is 0 Å². The molecule has 1 amide bonds. The Morgan fingerprint density at radius 3 is 2.33 bits per heavy atom. The van der Waals surface area contributed by atoms with Gasteiger partial charge in [0, 0.05) is 18.6 Å². The molecule has 0 spiro atoms. The van der Waals surface area contributed by atoms with E-state index in [1.165, 1.54) is 32.1 Å². The maximum Gasteiger partial charge on any atom is 0.414 e. The molecule has 0 unspecified atom stereocenters. The smallest absolute Gasteiger partial charge is 0.410 e. The van der Waals surface area contributed by atoms with E-state index in [-0.39, 0.29) is 6.09 Å². The van der Waals surface area contributed by atoms with Gasteiger partial charge in [-0.15, -0.1) is 0 Å². The highest BCUT2D eigenvalue weighted by atomic mass is 35.5. The Kier molecular flexibility index (Phi) is 7.86. The van der Waals surface area contributed by atoms with E-state index in [9.17, 15) is 4.79 Å². The molecular formula is C19H29ClN2O2. The van der Waals surface area contributed by atoms with Gasteiger partial charge in [0.25, 0.3) is 0 Å². The number of ether oxygens (including phenoxy) is 1. The normalized spacial score (nSPS) is 20.6. The molecule has 0 aliphatic heterocycles. The summed E-state index contributed by atoms with van der Waals surface area (Å²) >= 11 is 5.83. The molecule has 0 atom stereocenters. The number of nitrogens with zero attached hydrogens (tertiary/aromatic N) is 1. The summed E-state index contributed by atoms with van der Waals surface area (Å²) in [6, 6.07) is 6.86. The van der Waals surface area contributed by atoms with E-state index in [1.54, 1.807) is 36.2 Å². The van der Waals surface area contributed by atoms with Crippen LogP contribution in [0.4, 0.5) is 4.79 Å². The number of carbonyl (C=O) groups is 1. The van der Waals surface area contributed by atoms with Crippen LogP contribution in [-0.4, -0.2) is 38.2 Å². The van der Waals surface area contributed by atoms with Crippen molar-refractivity contribution in [3.8, 4) is 5.75 Å². The summed E-state index contributed by atoms with van der Waals surface area (Å²) in [5.74, 6) is 2.14. The summed E-state index contributed by atoms with van der Waals surface area (Å²) in [6.07, 6.45) is 7.26. The predicted octanol–water partition coefficient (Wildman–Crippen LogP) is 4.58. The number of rotatable bonds is 7. The summed E-state index contributed by atoms with van der Waals surface area (Å²) in [6.45, 7) is 1.87. The SMILES string of the molecule is CNCC[C@H]1CC[C@H](CCN(C)C(=O)Oc2ccc(Cl)cc2)CC1. The lowest BCUT2D eigenvalue weighted by Gasteiger charge is -2.29. The quantitative estimate of drug-likeness (QED) is 0.781. The Balaban J connectivity index is 1.66. The zero-order valence-corrected chi connectivity index (χ0v) is 15.5. The molecule has 1 aliphatic carbocycles. The Morgan fingerprint density at radius 2 is 1.75 bits per heavy atom. The number of nitrogens with one attached hydrogen (secondary N) is 1. The molecule has 24 heavy (non-hydrogen) atoms. The summed E-state index contributed by atoms with van der Waals surface area (Å²) in [4.78, 5) is 13.8. The summed E-state index contributed by atoms with van der Waals surface area (Å²) < 4.78 is 5.35. The second-order valence-electron chi connectivity index (χ2n) is 6.81. The van der Waals surface area contributed by atoms with Crippen molar-refractivity contribution in [3.63, 3.8) is 0 Å². The first-order valence-corrected chi connectivity index (χ1v) is 9.29. The zero-order valence-electron chi connectivity index (χ0n) is 14.8. The molecular weight excluding hydrogens is 324 g/mol. The van der Waals surface area contributed by atoms with Crippen molar-refractivity contribution in [2.45, 2.75) is 38.5 Å². The highest BCUT2D eigenvalue weighted by Gasteiger charge is 2.22. The number of halogens is 1. The molecule has 4 nitrogen and oxygen atoms in total. The fourth-order valence-corrected chi connectivity index (χ4v) is 3.43. The Hall–Kier alpha value is -1.26. The number of carbonyl (C=O) groups excluding carboxylic acids is 1. The van der Waals surface area contributed by atoms with Crippen LogP contribution in [0.1, 0.15) is 38.5 Å². The minimum atomic E-state index is -0.306. The number of hydrogen-bond acceptors (Lipinski definition) is 3. The maximum atomic E-state index is 12.1. The van der Waals surface area contributed by atoms with E-state index in [2.05, 4.69) is 5.32 Å². The molecule has 5 heteroatoms. The lowest BCUT2D eigenvalue weighted by atomic mass is 9.79. The van der Waals surface area contributed by atoms with Gasteiger partial charge in [0.2, 0.25) is 0 Å². The molecule has 134 valence electrons. The van der Waals surface area contributed by atoms with E-state index in [1.807, 2.05) is 7.05 Å². The van der Waals surface area contributed by atoms with E-state index < -0.39 is 0 Å². The van der Waals surface area contributed by atoms with Gasteiger partial charge in [-0.05, 0) is 62.5 Å². The van der Waals surface area contributed by atoms with Crippen molar-refractivity contribution in [1.29, 1.82) is 0 Å². The van der Waals surface area contributed by atoms with Crippen LogP contribution in [0.2, 0.25) is 5.02 Å². The van der Waals surface area contributed by atoms with Crippen LogP contribution in [0, 0.1) is 11.8 Å². The highest BCUT2D eigenvalue weighted by Crippen LogP contribution is 2.32. The van der Waals surface area contributed by atoms with Crippen molar-refractivity contribution in [1.82, 2.24) is 10.2 Å². The molecule has 1 aliphatic rings. The molecule has 0 aromatic heterocycles. The average Bonchev–Trinajstić information content (AvgIpc) is 2.60. The molecule has 1 saturated carbocycles. The molecule has 0 radical (unpaired) electrons. The van der Waals surface area contributed by atoms with Crippen LogP contribution in [0.15, 0.2) is 24.3 Å². The first kappa shape index (κ1) is 19.1. The molecule has 1 N–H and O–H groups in total. The monoisotopic (exact) mass is 352 g/mol. The first-order chi connectivity index (χ1) is 11.6. The lowest BCUT2D eigenvalue weighted by Crippen LogP contribution is -2.32. The van der Waals surface area contributed by atoms with Gasteiger partial charge in [0.15, 0.2) is 0 Å². The molecule has 0 heterocycles. The minimum absolute atomic E-state index is 0.306. The van der Waals surface area contributed by atoms with E-state index >= 15 is 0 Å². The first-order valence-electron chi connectivity index (χ1n) is 8.91. The third kappa shape index (κ3) is 6.33. The van der Waals surface area contributed by atoms with Crippen molar-refractivity contribution >= 4 is 17.7 Å². The molecule has 0 bridgehead atoms. The topological polar surface area (TPSA) is 41.6 Å². The van der Waals surface area contributed by atoms with Gasteiger partial charge in [0.05, 0.1) is 0 Å². The van der Waals surface area contributed by atoms with Crippen LogP contribution in [-0.2, 0) is 0 Å². The summed E-state index contributed by atoms with van der Waals surface area (Å²) in [7, 11) is 3.82. The van der Waals surface area contributed by atoms with Gasteiger partial charge in [0.1, 0.15) is 5.75 Å². The second-order valence-corrected chi connectivity index (χ2v) is 7.25. The van der Waals surface area contributed by atoms with Crippen molar-refractivity contribution in [3.05, 3.63) is 29.3 Å². The van der Waals surface area contributed by atoms with Crippen molar-refractivity contribution < 1.29 is 9.53 Å². The van der Waals surface area contributed by atoms with Crippen LogP contribution >= 0.6 is 11.6 Å². The second kappa shape index (κ2) is 9.90. The predicted molar refractivity (Wildman–Crippen MR) is 98.7 cm³/mol. The van der Waals surface area contributed by atoms with E-state index in [0.717, 1.165) is 31.3 Å². The van der Waals surface area contributed by atoms with Crippen molar-refractivity contribution in [2.75, 3.05) is 27.2 Å². The third-order valence-electron chi connectivity index (χ3n) is 4.97. The number of amides is 1. The zero-order chi connectivity index (χ0) is 17.4. The van der Waals surface area contributed by atoms with Crippen molar-refractivity contribution in [2.24, 2.45) is 11.8 Å². The van der Waals surface area contributed by atoms with Crippen LogP contribution in [0.5, 0.6) is 5.75 Å². The van der Waals surface area contributed by atoms with Crippen LogP contribution in [0.3, 0.4) is 0 Å². The Labute approximate surface area is 150 Å². The lowest BCUT2D eigenvalue weighted by molar-refractivity contribution is 0.156. The molecule has 1 aromatic rings. The largest absolute Gasteiger partial charge is 0.414 e. The average molecular weight is 353 g/mol. The van der Waals surface area contributed by atoms with Crippen LogP contribution < -0.4 is 10.1 Å². The van der Waals surface area contributed by atoms with Gasteiger partial charge < -0.3 is 15.0 Å². The standard InChI is InChI=1S/C19H29ClN2O2/c1-21-13-11-15-3-5-16(6-4-15)12-14-22(2)19(23)24-18-9-7-17(20)8-10-18/h7-10,15-16,21H,3-6,11-14H2,1-2H3/t15-,16-. The van der Waals surface area contributed by atoms with Gasteiger partial charge in [-0.2, -0.15) is 0 Å². The summed E-state index contributed by atoms with van der Waals surface area (Å²) in [5, 5.41) is 3.87. The molecule has 1 fully saturated rings. The fraction of sp³-hybridized carbons (Fsp3) is 0.632.